The third-order valence-electron chi connectivity index (χ3n) is 3.56. The van der Waals surface area contributed by atoms with E-state index in [1.807, 2.05) is 6.92 Å². The minimum absolute atomic E-state index is 0.115. The van der Waals surface area contributed by atoms with E-state index in [0.717, 1.165) is 0 Å². The zero-order chi connectivity index (χ0) is 34.0. The molecular formula is C12H12F18O8S2. The molecule has 0 aliphatic rings. The fraction of sp³-hybridized carbons (Fsp3) is 1.00. The van der Waals surface area contributed by atoms with Crippen LogP contribution in [0.4, 0.5) is 79.0 Å². The van der Waals surface area contributed by atoms with Crippen molar-refractivity contribution in [3.8, 4) is 0 Å². The average molecular weight is 690 g/mol. The second-order valence-corrected chi connectivity index (χ2v) is 9.45. The van der Waals surface area contributed by atoms with Crippen LogP contribution in [0, 0.1) is 0 Å². The fourth-order valence-electron chi connectivity index (χ4n) is 1.17. The molecule has 0 fully saturated rings. The van der Waals surface area contributed by atoms with Gasteiger partial charge in [0.25, 0.3) is 0 Å². The van der Waals surface area contributed by atoms with Gasteiger partial charge in [-0.2, -0.15) is 95.9 Å². The summed E-state index contributed by atoms with van der Waals surface area (Å²) in [7, 11) is -14.3. The predicted octanol–water partition coefficient (Wildman–Crippen LogP) is 4.35. The number of rotatable bonds is 8. The zero-order valence-electron chi connectivity index (χ0n) is 18.0. The Bertz CT molecular complexity index is 950. The van der Waals surface area contributed by atoms with E-state index in [9.17, 15) is 95.9 Å². The molecule has 0 radical (unpaired) electrons. The molecule has 0 heterocycles. The SMILES string of the molecule is CCC(O)CO.O=S(=O)(O)C(F)(F)C(F)(F)C(F)(F)C(F)(F)F.O=S(=O)(O)C(F)(F)C(F)(F)C(F)(F)C(F)(F)F. The Balaban J connectivity index is -0.000000569. The maximum absolute atomic E-state index is 12.2. The van der Waals surface area contributed by atoms with E-state index in [1.54, 1.807) is 0 Å². The van der Waals surface area contributed by atoms with Crippen LogP contribution in [0.1, 0.15) is 13.3 Å². The highest BCUT2D eigenvalue weighted by atomic mass is 32.2. The van der Waals surface area contributed by atoms with Crippen molar-refractivity contribution >= 4 is 20.2 Å². The van der Waals surface area contributed by atoms with Crippen molar-refractivity contribution in [3.63, 3.8) is 0 Å². The molecule has 1 unspecified atom stereocenters. The molecule has 0 aromatic rings. The number of aliphatic hydroxyl groups is 2. The molecule has 1 atom stereocenters. The van der Waals surface area contributed by atoms with Gasteiger partial charge in [0.15, 0.2) is 0 Å². The summed E-state index contributed by atoms with van der Waals surface area (Å²) in [4.78, 5) is 0. The van der Waals surface area contributed by atoms with Crippen LogP contribution < -0.4 is 0 Å². The van der Waals surface area contributed by atoms with Gasteiger partial charge in [-0.25, -0.2) is 0 Å². The predicted molar refractivity (Wildman–Crippen MR) is 88.3 cm³/mol. The Labute approximate surface area is 209 Å². The number of alkyl halides is 18. The second-order valence-electron chi connectivity index (χ2n) is 6.52. The van der Waals surface area contributed by atoms with Crippen LogP contribution in [0.25, 0.3) is 0 Å². The smallest absolute Gasteiger partial charge is 0.394 e. The summed E-state index contributed by atoms with van der Waals surface area (Å²) in [6.45, 7) is 1.71. The van der Waals surface area contributed by atoms with E-state index < -0.39 is 72.9 Å². The van der Waals surface area contributed by atoms with E-state index in [0.29, 0.717) is 6.42 Å². The summed E-state index contributed by atoms with van der Waals surface area (Å²) in [5, 5.41) is 2.50. The van der Waals surface area contributed by atoms with Gasteiger partial charge in [-0.3, -0.25) is 9.11 Å². The van der Waals surface area contributed by atoms with Gasteiger partial charge >= 0.3 is 66.8 Å². The van der Waals surface area contributed by atoms with Crippen molar-refractivity contribution in [1.29, 1.82) is 0 Å². The third-order valence-corrected chi connectivity index (χ3v) is 5.37. The Morgan fingerprint density at radius 2 is 0.725 bits per heavy atom. The number of hydrogen-bond donors (Lipinski definition) is 4. The van der Waals surface area contributed by atoms with Crippen LogP contribution in [0.5, 0.6) is 0 Å². The first-order valence-corrected chi connectivity index (χ1v) is 11.3. The molecule has 0 aliphatic heterocycles. The van der Waals surface area contributed by atoms with E-state index >= 15 is 0 Å². The van der Waals surface area contributed by atoms with E-state index in [2.05, 4.69) is 0 Å². The molecule has 0 saturated carbocycles. The van der Waals surface area contributed by atoms with Crippen LogP contribution >= 0.6 is 0 Å². The molecular weight excluding hydrogens is 678 g/mol. The lowest BCUT2D eigenvalue weighted by Gasteiger charge is -2.31. The summed E-state index contributed by atoms with van der Waals surface area (Å²) in [6, 6.07) is 0. The minimum atomic E-state index is -7.37. The summed E-state index contributed by atoms with van der Waals surface area (Å²) >= 11 is 0. The second kappa shape index (κ2) is 12.4. The Kier molecular flexibility index (Phi) is 13.3. The standard InChI is InChI=1S/2C4HF9O3S.C4H10O2/c2*5-1(6,3(9,10)11)2(7,8)4(12,13)17(14,15)16;1-2-4(6)3-5/h2*(H,14,15,16);4-6H,2-3H2,1H3. The first-order chi connectivity index (χ1) is 16.8. The molecule has 0 rings (SSSR count). The van der Waals surface area contributed by atoms with Gasteiger partial charge in [0.1, 0.15) is 0 Å². The molecule has 246 valence electrons. The fourth-order valence-corrected chi connectivity index (χ4v) is 2.08. The topological polar surface area (TPSA) is 149 Å². The largest absolute Gasteiger partial charge is 0.460 e. The van der Waals surface area contributed by atoms with Gasteiger partial charge in [0.2, 0.25) is 0 Å². The van der Waals surface area contributed by atoms with Crippen LogP contribution in [0.15, 0.2) is 0 Å². The molecule has 0 aliphatic carbocycles. The van der Waals surface area contributed by atoms with Crippen LogP contribution in [-0.2, 0) is 20.2 Å². The van der Waals surface area contributed by atoms with Crippen LogP contribution in [0.2, 0.25) is 0 Å². The summed E-state index contributed by atoms with van der Waals surface area (Å²) in [5.41, 5.74) is 0. The van der Waals surface area contributed by atoms with Gasteiger partial charge in [0.05, 0.1) is 12.7 Å². The van der Waals surface area contributed by atoms with Gasteiger partial charge in [-0.1, -0.05) is 6.92 Å². The third kappa shape index (κ3) is 8.28. The van der Waals surface area contributed by atoms with Gasteiger partial charge in [-0.05, 0) is 6.42 Å². The van der Waals surface area contributed by atoms with Crippen molar-refractivity contribution in [2.45, 2.75) is 66.0 Å². The zero-order valence-corrected chi connectivity index (χ0v) is 19.7. The molecule has 0 bridgehead atoms. The molecule has 0 spiro atoms. The van der Waals surface area contributed by atoms with Crippen LogP contribution in [-0.4, -0.2) is 95.4 Å². The van der Waals surface area contributed by atoms with Gasteiger partial charge < -0.3 is 10.2 Å². The maximum atomic E-state index is 12.2. The van der Waals surface area contributed by atoms with E-state index in [4.69, 9.17) is 19.3 Å². The number of halogens is 18. The Morgan fingerprint density at radius 3 is 0.800 bits per heavy atom. The summed E-state index contributed by atoms with van der Waals surface area (Å²) in [6.07, 6.45) is -14.1. The highest BCUT2D eigenvalue weighted by Crippen LogP contribution is 2.55. The van der Waals surface area contributed by atoms with Crippen LogP contribution in [0.3, 0.4) is 0 Å². The molecule has 0 aromatic carbocycles. The van der Waals surface area contributed by atoms with Gasteiger partial charge in [0, 0.05) is 0 Å². The monoisotopic (exact) mass is 690 g/mol. The lowest BCUT2D eigenvalue weighted by Crippen LogP contribution is -2.63. The number of hydrogen-bond acceptors (Lipinski definition) is 6. The summed E-state index contributed by atoms with van der Waals surface area (Å²) < 4.78 is 268. The lowest BCUT2D eigenvalue weighted by molar-refractivity contribution is -0.382. The molecule has 4 N–H and O–H groups in total. The molecule has 0 aromatic heterocycles. The van der Waals surface area contributed by atoms with Crippen molar-refractivity contribution in [2.75, 3.05) is 6.61 Å². The van der Waals surface area contributed by atoms with Crippen molar-refractivity contribution in [1.82, 2.24) is 0 Å². The number of aliphatic hydroxyl groups excluding tert-OH is 2. The first-order valence-electron chi connectivity index (χ1n) is 8.44. The van der Waals surface area contributed by atoms with Crippen molar-refractivity contribution in [3.05, 3.63) is 0 Å². The van der Waals surface area contributed by atoms with E-state index in [1.165, 1.54) is 0 Å². The quantitative estimate of drug-likeness (QED) is 0.217. The lowest BCUT2D eigenvalue weighted by atomic mass is 10.1. The molecule has 0 saturated heterocycles. The Hall–Kier alpha value is -1.52. The minimum Gasteiger partial charge on any atom is -0.394 e. The molecule has 28 heteroatoms. The van der Waals surface area contributed by atoms with E-state index in [-0.39, 0.29) is 6.61 Å². The Morgan fingerprint density at radius 1 is 0.525 bits per heavy atom. The molecule has 8 nitrogen and oxygen atoms in total. The summed E-state index contributed by atoms with van der Waals surface area (Å²) in [5.74, 6) is -29.4. The normalized spacial score (nSPS) is 15.9. The molecule has 0 amide bonds. The van der Waals surface area contributed by atoms with Crippen molar-refractivity contribution in [2.24, 2.45) is 0 Å². The van der Waals surface area contributed by atoms with Gasteiger partial charge in [-0.15, -0.1) is 0 Å². The molecule has 40 heavy (non-hydrogen) atoms. The highest BCUT2D eigenvalue weighted by Gasteiger charge is 2.86. The average Bonchev–Trinajstić information content (AvgIpc) is 2.70. The highest BCUT2D eigenvalue weighted by molar-refractivity contribution is 7.87. The maximum Gasteiger partial charge on any atom is 0.460 e. The van der Waals surface area contributed by atoms with Crippen molar-refractivity contribution < 1.29 is 115 Å². The first kappa shape index (κ1) is 42.9.